The number of amidine groups is 1. The first-order chi connectivity index (χ1) is 12.3. The lowest BCUT2D eigenvalue weighted by Gasteiger charge is -2.20. The highest BCUT2D eigenvalue weighted by atomic mass is 127. The first-order valence-electron chi connectivity index (χ1n) is 8.59. The van der Waals surface area contributed by atoms with Gasteiger partial charge in [0.2, 0.25) is 0 Å². The summed E-state index contributed by atoms with van der Waals surface area (Å²) in [6.45, 7) is 10.5. The summed E-state index contributed by atoms with van der Waals surface area (Å²) in [4.78, 5) is 19.9. The van der Waals surface area contributed by atoms with Crippen molar-refractivity contribution in [3.8, 4) is 11.5 Å². The fourth-order valence-electron chi connectivity index (χ4n) is 2.54. The molecule has 0 spiro atoms. The summed E-state index contributed by atoms with van der Waals surface area (Å²) in [5.74, 6) is 1.39. The Morgan fingerprint density at radius 1 is 1.31 bits per heavy atom. The predicted molar refractivity (Wildman–Crippen MR) is 117 cm³/mol. The smallest absolute Gasteiger partial charge is 0.266 e. The van der Waals surface area contributed by atoms with Crippen LogP contribution < -0.4 is 9.47 Å². The Bertz CT molecular complexity index is 745. The minimum atomic E-state index is -0.00631. The van der Waals surface area contributed by atoms with Crippen molar-refractivity contribution in [1.29, 1.82) is 0 Å². The summed E-state index contributed by atoms with van der Waals surface area (Å²) in [5, 5.41) is 0.763. The predicted octanol–water partition coefficient (Wildman–Crippen LogP) is 4.79. The molecule has 5 nitrogen and oxygen atoms in total. The summed E-state index contributed by atoms with van der Waals surface area (Å²) in [6, 6.07) is 4.09. The number of hydrogen-bond acceptors (Lipinski definition) is 5. The van der Waals surface area contributed by atoms with E-state index in [0.717, 1.165) is 14.3 Å². The van der Waals surface area contributed by atoms with Gasteiger partial charge in [-0.3, -0.25) is 14.7 Å². The molecule has 1 heterocycles. The maximum atomic E-state index is 12.9. The van der Waals surface area contributed by atoms with Gasteiger partial charge in [0.05, 0.1) is 22.2 Å². The van der Waals surface area contributed by atoms with E-state index in [9.17, 15) is 4.79 Å². The number of carbonyl (C=O) groups is 1. The maximum Gasteiger partial charge on any atom is 0.266 e. The molecule has 0 bridgehead atoms. The molecule has 0 saturated carbocycles. The molecule has 0 aliphatic carbocycles. The molecule has 1 aromatic carbocycles. The minimum absolute atomic E-state index is 0.00631. The molecule has 1 aromatic rings. The van der Waals surface area contributed by atoms with Gasteiger partial charge < -0.3 is 9.47 Å². The van der Waals surface area contributed by atoms with Crippen LogP contribution in [-0.2, 0) is 4.79 Å². The largest absolute Gasteiger partial charge is 0.492 e. The summed E-state index contributed by atoms with van der Waals surface area (Å²) in [7, 11) is 1.63. The molecular formula is C19H25IN2O3S. The van der Waals surface area contributed by atoms with Gasteiger partial charge in [-0.2, -0.15) is 0 Å². The van der Waals surface area contributed by atoms with E-state index >= 15 is 0 Å². The normalized spacial score (nSPS) is 17.9. The third-order valence-electron chi connectivity index (χ3n) is 3.56. The number of halogens is 1. The summed E-state index contributed by atoms with van der Waals surface area (Å²) in [6.07, 6.45) is 1.90. The van der Waals surface area contributed by atoms with Gasteiger partial charge in [-0.05, 0) is 92.7 Å². The molecule has 1 aliphatic heterocycles. The van der Waals surface area contributed by atoms with Crippen molar-refractivity contribution in [2.75, 3.05) is 13.7 Å². The highest BCUT2D eigenvalue weighted by molar-refractivity contribution is 14.1. The van der Waals surface area contributed by atoms with E-state index in [4.69, 9.17) is 9.47 Å². The van der Waals surface area contributed by atoms with Crippen molar-refractivity contribution < 1.29 is 14.3 Å². The lowest BCUT2D eigenvalue weighted by molar-refractivity contribution is -0.123. The number of benzene rings is 1. The second kappa shape index (κ2) is 9.12. The van der Waals surface area contributed by atoms with Gasteiger partial charge in [0.1, 0.15) is 0 Å². The molecule has 26 heavy (non-hydrogen) atoms. The Labute approximate surface area is 173 Å². The average molecular weight is 488 g/mol. The molecular weight excluding hydrogens is 463 g/mol. The number of carbonyl (C=O) groups excluding carboxylic acids is 1. The Morgan fingerprint density at radius 3 is 2.54 bits per heavy atom. The third-order valence-corrected chi connectivity index (χ3v) is 5.35. The van der Waals surface area contributed by atoms with Crippen LogP contribution in [0.1, 0.15) is 40.2 Å². The second-order valence-electron chi connectivity index (χ2n) is 6.35. The minimum Gasteiger partial charge on any atom is -0.492 e. The van der Waals surface area contributed by atoms with E-state index in [2.05, 4.69) is 27.6 Å². The zero-order valence-electron chi connectivity index (χ0n) is 16.0. The Morgan fingerprint density at radius 2 is 2.00 bits per heavy atom. The number of aliphatic imine (C=N–C) groups is 1. The van der Waals surface area contributed by atoms with Crippen LogP contribution >= 0.6 is 34.4 Å². The van der Waals surface area contributed by atoms with Crippen LogP contribution in [0.15, 0.2) is 22.0 Å². The molecule has 1 fully saturated rings. The van der Waals surface area contributed by atoms with Crippen molar-refractivity contribution in [2.24, 2.45) is 4.99 Å². The van der Waals surface area contributed by atoms with E-state index in [1.54, 1.807) is 12.0 Å². The summed E-state index contributed by atoms with van der Waals surface area (Å²) < 4.78 is 12.1. The number of amides is 1. The van der Waals surface area contributed by atoms with Gasteiger partial charge in [0.25, 0.3) is 5.91 Å². The average Bonchev–Trinajstić information content (AvgIpc) is 2.82. The number of methoxy groups -OCH3 is 1. The zero-order chi connectivity index (χ0) is 19.4. The molecule has 7 heteroatoms. The Balaban J connectivity index is 2.45. The van der Waals surface area contributed by atoms with E-state index in [1.165, 1.54) is 11.8 Å². The standard InChI is InChI=1S/C19H25IN2O3S/c1-7-25-15-9-13(8-14(20)17(15)24-6)10-16-18(23)22(12(4)5)19(26-16)21-11(2)3/h8-12H,7H2,1-6H3/b16-10+,21-19?. The lowest BCUT2D eigenvalue weighted by Crippen LogP contribution is -2.35. The number of ether oxygens (including phenoxy) is 2. The maximum absolute atomic E-state index is 12.9. The van der Waals surface area contributed by atoms with Crippen LogP contribution in [0, 0.1) is 3.57 Å². The van der Waals surface area contributed by atoms with Gasteiger partial charge in [-0.15, -0.1) is 0 Å². The molecule has 142 valence electrons. The molecule has 1 saturated heterocycles. The van der Waals surface area contributed by atoms with Gasteiger partial charge in [-0.1, -0.05) is 0 Å². The van der Waals surface area contributed by atoms with Crippen LogP contribution in [0.5, 0.6) is 11.5 Å². The van der Waals surface area contributed by atoms with E-state index in [-0.39, 0.29) is 18.0 Å². The van der Waals surface area contributed by atoms with Crippen molar-refractivity contribution in [1.82, 2.24) is 4.90 Å². The number of nitrogens with zero attached hydrogens (tertiary/aromatic N) is 2. The van der Waals surface area contributed by atoms with Crippen molar-refractivity contribution in [3.63, 3.8) is 0 Å². The van der Waals surface area contributed by atoms with Crippen LogP contribution in [0.4, 0.5) is 0 Å². The fourth-order valence-corrected chi connectivity index (χ4v) is 4.62. The quantitative estimate of drug-likeness (QED) is 0.427. The number of hydrogen-bond donors (Lipinski definition) is 0. The van der Waals surface area contributed by atoms with Crippen LogP contribution in [0.2, 0.25) is 0 Å². The Kier molecular flexibility index (Phi) is 7.40. The molecule has 0 unspecified atom stereocenters. The molecule has 0 radical (unpaired) electrons. The summed E-state index contributed by atoms with van der Waals surface area (Å²) >= 11 is 3.64. The number of thioether (sulfide) groups is 1. The molecule has 1 aliphatic rings. The lowest BCUT2D eigenvalue weighted by atomic mass is 10.1. The van der Waals surface area contributed by atoms with Gasteiger partial charge >= 0.3 is 0 Å². The van der Waals surface area contributed by atoms with Gasteiger partial charge in [0.15, 0.2) is 16.7 Å². The highest BCUT2D eigenvalue weighted by Crippen LogP contribution is 2.38. The van der Waals surface area contributed by atoms with Crippen molar-refractivity contribution >= 4 is 51.5 Å². The van der Waals surface area contributed by atoms with Crippen molar-refractivity contribution in [3.05, 3.63) is 26.2 Å². The number of rotatable bonds is 6. The molecule has 0 atom stereocenters. The highest BCUT2D eigenvalue weighted by Gasteiger charge is 2.35. The SMILES string of the molecule is CCOc1cc(/C=C2/SC(=NC(C)C)N(C(C)C)C2=O)cc(I)c1OC. The first kappa shape index (κ1) is 21.1. The van der Waals surface area contributed by atoms with Gasteiger partial charge in [0, 0.05) is 12.1 Å². The van der Waals surface area contributed by atoms with Crippen LogP contribution in [-0.4, -0.2) is 41.8 Å². The van der Waals surface area contributed by atoms with Crippen LogP contribution in [0.25, 0.3) is 6.08 Å². The third kappa shape index (κ3) is 4.73. The van der Waals surface area contributed by atoms with Crippen molar-refractivity contribution in [2.45, 2.75) is 46.7 Å². The topological polar surface area (TPSA) is 51.1 Å². The van der Waals surface area contributed by atoms with E-state index in [0.29, 0.717) is 23.0 Å². The molecule has 0 N–H and O–H groups in total. The van der Waals surface area contributed by atoms with E-state index in [1.807, 2.05) is 52.8 Å². The fraction of sp³-hybridized carbons (Fsp3) is 0.474. The van der Waals surface area contributed by atoms with E-state index < -0.39 is 0 Å². The monoisotopic (exact) mass is 488 g/mol. The van der Waals surface area contributed by atoms with Crippen LogP contribution in [0.3, 0.4) is 0 Å². The molecule has 2 rings (SSSR count). The van der Waals surface area contributed by atoms with Gasteiger partial charge in [-0.25, -0.2) is 0 Å². The molecule has 0 aromatic heterocycles. The zero-order valence-corrected chi connectivity index (χ0v) is 19.0. The Hall–Kier alpha value is -1.22. The second-order valence-corrected chi connectivity index (χ2v) is 8.52. The molecule has 1 amide bonds. The summed E-state index contributed by atoms with van der Waals surface area (Å²) in [5.41, 5.74) is 0.906. The first-order valence-corrected chi connectivity index (χ1v) is 10.5.